The zero-order chi connectivity index (χ0) is 19.1. The predicted octanol–water partition coefficient (Wildman–Crippen LogP) is 1.77. The summed E-state index contributed by atoms with van der Waals surface area (Å²) in [5, 5.41) is 12.4. The van der Waals surface area contributed by atoms with Gasteiger partial charge in [0, 0.05) is 12.1 Å². The Labute approximate surface area is 153 Å². The average Bonchev–Trinajstić information content (AvgIpc) is 3.00. The SMILES string of the molecule is CC1CCC(NC(=O)c2ccc3c(c2)CCN3S(C)(=O)=O)(C(=O)O)CC1. The molecule has 1 saturated carbocycles. The Morgan fingerprint density at radius 1 is 1.27 bits per heavy atom. The molecule has 0 radical (unpaired) electrons. The standard InChI is InChI=1S/C18H24N2O5S/c1-12-5-8-18(9-6-12,17(22)23)19-16(21)14-3-4-15-13(11-14)7-10-20(15)26(2,24)25/h3-4,11-12H,5-10H2,1-2H3,(H,19,21)(H,22,23). The normalized spacial score (nSPS) is 25.6. The summed E-state index contributed by atoms with van der Waals surface area (Å²) in [5.74, 6) is -0.967. The maximum Gasteiger partial charge on any atom is 0.329 e. The largest absolute Gasteiger partial charge is 0.480 e. The number of carbonyl (C=O) groups excluding carboxylic acids is 1. The smallest absolute Gasteiger partial charge is 0.329 e. The number of amides is 1. The van der Waals surface area contributed by atoms with Gasteiger partial charge in [0.25, 0.3) is 5.91 Å². The van der Waals surface area contributed by atoms with Gasteiger partial charge in [0.2, 0.25) is 10.0 Å². The fraction of sp³-hybridized carbons (Fsp3) is 0.556. The van der Waals surface area contributed by atoms with Gasteiger partial charge in [-0.3, -0.25) is 9.10 Å². The van der Waals surface area contributed by atoms with Crippen LogP contribution in [0.4, 0.5) is 5.69 Å². The molecule has 0 atom stereocenters. The van der Waals surface area contributed by atoms with Gasteiger partial charge >= 0.3 is 5.97 Å². The number of carboxylic acids is 1. The van der Waals surface area contributed by atoms with Crippen LogP contribution in [-0.2, 0) is 21.2 Å². The zero-order valence-electron chi connectivity index (χ0n) is 15.0. The molecule has 3 rings (SSSR count). The highest BCUT2D eigenvalue weighted by atomic mass is 32.2. The number of rotatable bonds is 4. The number of hydrogen-bond acceptors (Lipinski definition) is 4. The summed E-state index contributed by atoms with van der Waals surface area (Å²) in [6.45, 7) is 2.44. The Morgan fingerprint density at radius 3 is 2.50 bits per heavy atom. The van der Waals surface area contributed by atoms with Crippen LogP contribution in [0, 0.1) is 5.92 Å². The van der Waals surface area contributed by atoms with Crippen molar-refractivity contribution in [2.75, 3.05) is 17.1 Å². The summed E-state index contributed by atoms with van der Waals surface area (Å²) >= 11 is 0. The van der Waals surface area contributed by atoms with E-state index in [9.17, 15) is 23.1 Å². The number of carboxylic acid groups (broad SMARTS) is 1. The quantitative estimate of drug-likeness (QED) is 0.828. The highest BCUT2D eigenvalue weighted by Crippen LogP contribution is 2.34. The van der Waals surface area contributed by atoms with Gasteiger partial charge < -0.3 is 10.4 Å². The van der Waals surface area contributed by atoms with E-state index in [0.717, 1.165) is 24.7 Å². The number of aliphatic carboxylic acids is 1. The maximum absolute atomic E-state index is 12.7. The van der Waals surface area contributed by atoms with Crippen molar-refractivity contribution in [1.29, 1.82) is 0 Å². The third-order valence-corrected chi connectivity index (χ3v) is 6.66. The number of nitrogens with one attached hydrogen (secondary N) is 1. The number of anilines is 1. The summed E-state index contributed by atoms with van der Waals surface area (Å²) in [6, 6.07) is 4.84. The van der Waals surface area contributed by atoms with Gasteiger partial charge in [-0.15, -0.1) is 0 Å². The van der Waals surface area contributed by atoms with Crippen LogP contribution >= 0.6 is 0 Å². The van der Waals surface area contributed by atoms with Gasteiger partial charge in [0.05, 0.1) is 11.9 Å². The van der Waals surface area contributed by atoms with Crippen LogP contribution in [0.5, 0.6) is 0 Å². The van der Waals surface area contributed by atoms with E-state index in [-0.39, 0.29) is 0 Å². The zero-order valence-corrected chi connectivity index (χ0v) is 15.8. The first-order chi connectivity index (χ1) is 12.1. The van der Waals surface area contributed by atoms with Crippen molar-refractivity contribution in [1.82, 2.24) is 5.32 Å². The molecule has 1 heterocycles. The molecule has 0 aromatic heterocycles. The van der Waals surface area contributed by atoms with E-state index in [1.165, 1.54) is 4.31 Å². The molecule has 7 nitrogen and oxygen atoms in total. The van der Waals surface area contributed by atoms with Gasteiger partial charge in [-0.25, -0.2) is 13.2 Å². The average molecular weight is 380 g/mol. The van der Waals surface area contributed by atoms with Crippen molar-refractivity contribution >= 4 is 27.6 Å². The summed E-state index contributed by atoms with van der Waals surface area (Å²) in [7, 11) is -3.34. The summed E-state index contributed by atoms with van der Waals surface area (Å²) in [5.41, 5.74) is 0.507. The Morgan fingerprint density at radius 2 is 1.92 bits per heavy atom. The first kappa shape index (κ1) is 18.7. The lowest BCUT2D eigenvalue weighted by atomic mass is 9.77. The first-order valence-corrected chi connectivity index (χ1v) is 10.6. The maximum atomic E-state index is 12.7. The molecular weight excluding hydrogens is 356 g/mol. The van der Waals surface area contributed by atoms with Crippen LogP contribution in [0.1, 0.15) is 48.5 Å². The van der Waals surface area contributed by atoms with Gasteiger partial charge in [-0.2, -0.15) is 0 Å². The Kier molecular flexibility index (Phi) is 4.72. The minimum Gasteiger partial charge on any atom is -0.480 e. The fourth-order valence-corrected chi connectivity index (χ4v) is 4.75. The van der Waals surface area contributed by atoms with E-state index >= 15 is 0 Å². The molecule has 0 unspecified atom stereocenters. The number of fused-ring (bicyclic) bond motifs is 1. The van der Waals surface area contributed by atoms with E-state index in [2.05, 4.69) is 12.2 Å². The molecule has 26 heavy (non-hydrogen) atoms. The van der Waals surface area contributed by atoms with Crippen molar-refractivity contribution in [2.24, 2.45) is 5.92 Å². The molecule has 1 amide bonds. The molecule has 8 heteroatoms. The molecule has 1 fully saturated rings. The van der Waals surface area contributed by atoms with Crippen LogP contribution in [0.25, 0.3) is 0 Å². The van der Waals surface area contributed by atoms with Crippen molar-refractivity contribution in [3.8, 4) is 0 Å². The lowest BCUT2D eigenvalue weighted by molar-refractivity contribution is -0.146. The summed E-state index contributed by atoms with van der Waals surface area (Å²) < 4.78 is 24.9. The van der Waals surface area contributed by atoms with Crippen LogP contribution < -0.4 is 9.62 Å². The van der Waals surface area contributed by atoms with Crippen LogP contribution in [0.2, 0.25) is 0 Å². The van der Waals surface area contributed by atoms with Gasteiger partial charge in [-0.05, 0) is 61.8 Å². The van der Waals surface area contributed by atoms with E-state index in [0.29, 0.717) is 43.0 Å². The molecule has 2 aliphatic rings. The number of hydrogen-bond donors (Lipinski definition) is 2. The lowest BCUT2D eigenvalue weighted by Gasteiger charge is -2.36. The molecular formula is C18H24N2O5S. The predicted molar refractivity (Wildman–Crippen MR) is 97.8 cm³/mol. The van der Waals surface area contributed by atoms with Crippen LogP contribution in [-0.4, -0.2) is 43.7 Å². The summed E-state index contributed by atoms with van der Waals surface area (Å²) in [4.78, 5) is 24.5. The number of benzene rings is 1. The van der Waals surface area contributed by atoms with E-state index in [1.54, 1.807) is 18.2 Å². The number of carbonyl (C=O) groups is 2. The molecule has 1 aliphatic heterocycles. The third-order valence-electron chi connectivity index (χ3n) is 5.48. The highest BCUT2D eigenvalue weighted by Gasteiger charge is 2.42. The second kappa shape index (κ2) is 6.57. The Hall–Kier alpha value is -2.09. The Bertz CT molecular complexity index is 841. The van der Waals surface area contributed by atoms with Crippen LogP contribution in [0.3, 0.4) is 0 Å². The molecule has 1 aromatic rings. The number of nitrogens with zero attached hydrogens (tertiary/aromatic N) is 1. The van der Waals surface area contributed by atoms with Gasteiger partial charge in [0.1, 0.15) is 5.54 Å². The minimum absolute atomic E-state index is 0.357. The van der Waals surface area contributed by atoms with E-state index in [4.69, 9.17) is 0 Å². The summed E-state index contributed by atoms with van der Waals surface area (Å²) in [6.07, 6.45) is 4.05. The van der Waals surface area contributed by atoms with Crippen molar-refractivity contribution in [2.45, 2.75) is 44.6 Å². The molecule has 1 aliphatic carbocycles. The monoisotopic (exact) mass is 380 g/mol. The Balaban J connectivity index is 1.82. The second-order valence-electron chi connectivity index (χ2n) is 7.45. The minimum atomic E-state index is -3.34. The van der Waals surface area contributed by atoms with E-state index in [1.807, 2.05) is 0 Å². The van der Waals surface area contributed by atoms with Gasteiger partial charge in [0.15, 0.2) is 0 Å². The van der Waals surface area contributed by atoms with Crippen molar-refractivity contribution in [3.05, 3.63) is 29.3 Å². The van der Waals surface area contributed by atoms with Crippen LogP contribution in [0.15, 0.2) is 18.2 Å². The molecule has 0 spiro atoms. The van der Waals surface area contributed by atoms with Crippen molar-refractivity contribution < 1.29 is 23.1 Å². The molecule has 142 valence electrons. The molecule has 2 N–H and O–H groups in total. The van der Waals surface area contributed by atoms with Crippen molar-refractivity contribution in [3.63, 3.8) is 0 Å². The third kappa shape index (κ3) is 3.42. The van der Waals surface area contributed by atoms with Gasteiger partial charge in [-0.1, -0.05) is 6.92 Å². The first-order valence-electron chi connectivity index (χ1n) is 8.79. The second-order valence-corrected chi connectivity index (χ2v) is 9.36. The number of sulfonamides is 1. The lowest BCUT2D eigenvalue weighted by Crippen LogP contribution is -2.56. The van der Waals surface area contributed by atoms with E-state index < -0.39 is 27.4 Å². The molecule has 0 saturated heterocycles. The molecule has 0 bridgehead atoms. The highest BCUT2D eigenvalue weighted by molar-refractivity contribution is 7.92. The fourth-order valence-electron chi connectivity index (χ4n) is 3.79. The molecule has 1 aromatic carbocycles. The topological polar surface area (TPSA) is 104 Å².